The van der Waals surface area contributed by atoms with Crippen molar-refractivity contribution in [3.63, 3.8) is 0 Å². The molecule has 1 aromatic rings. The van der Waals surface area contributed by atoms with E-state index in [1.165, 1.54) is 5.56 Å². The summed E-state index contributed by atoms with van der Waals surface area (Å²) in [4.78, 5) is 14.2. The summed E-state index contributed by atoms with van der Waals surface area (Å²) in [6, 6.07) is 8.51. The highest BCUT2D eigenvalue weighted by Gasteiger charge is 2.19. The van der Waals surface area contributed by atoms with Crippen molar-refractivity contribution in [2.24, 2.45) is 0 Å². The molecule has 1 aliphatic rings. The molecule has 1 aliphatic heterocycles. The van der Waals surface area contributed by atoms with Gasteiger partial charge in [0.2, 0.25) is 5.91 Å². The lowest BCUT2D eigenvalue weighted by Crippen LogP contribution is -2.44. The van der Waals surface area contributed by atoms with Crippen LogP contribution in [0.1, 0.15) is 18.4 Å². The van der Waals surface area contributed by atoms with Gasteiger partial charge in [-0.3, -0.25) is 9.69 Å². The molecule has 2 rings (SSSR count). The molecule has 1 fully saturated rings. The Morgan fingerprint density at radius 3 is 2.47 bits per heavy atom. The van der Waals surface area contributed by atoms with E-state index in [0.29, 0.717) is 12.6 Å². The number of rotatable bonds is 4. The minimum absolute atomic E-state index is 0.0757. The van der Waals surface area contributed by atoms with E-state index >= 15 is 0 Å². The van der Waals surface area contributed by atoms with Crippen molar-refractivity contribution >= 4 is 11.6 Å². The molecule has 4 nitrogen and oxygen atoms in total. The van der Waals surface area contributed by atoms with Gasteiger partial charge in [-0.05, 0) is 38.9 Å². The number of hydrogen-bond acceptors (Lipinski definition) is 3. The lowest BCUT2D eigenvalue weighted by Gasteiger charge is -2.31. The highest BCUT2D eigenvalue weighted by atomic mass is 16.2. The van der Waals surface area contributed by atoms with E-state index < -0.39 is 0 Å². The van der Waals surface area contributed by atoms with Gasteiger partial charge in [0.1, 0.15) is 0 Å². The van der Waals surface area contributed by atoms with Crippen molar-refractivity contribution in [1.29, 1.82) is 0 Å². The first-order valence-corrected chi connectivity index (χ1v) is 6.93. The number of aryl methyl sites for hydroxylation is 1. The maximum absolute atomic E-state index is 11.9. The topological polar surface area (TPSA) is 44.4 Å². The molecule has 0 aliphatic carbocycles. The SMILES string of the molecule is CNC1CCN(CC(=O)Nc2ccc(C)cc2)CC1. The van der Waals surface area contributed by atoms with E-state index in [1.54, 1.807) is 0 Å². The average Bonchev–Trinajstić information content (AvgIpc) is 2.42. The van der Waals surface area contributed by atoms with Crippen LogP contribution in [0.2, 0.25) is 0 Å². The Hall–Kier alpha value is -1.39. The molecule has 0 radical (unpaired) electrons. The van der Waals surface area contributed by atoms with Crippen molar-refractivity contribution in [2.75, 3.05) is 32.0 Å². The molecule has 4 heteroatoms. The summed E-state index contributed by atoms with van der Waals surface area (Å²) in [6.45, 7) is 4.52. The Morgan fingerprint density at radius 2 is 1.89 bits per heavy atom. The van der Waals surface area contributed by atoms with Crippen molar-refractivity contribution in [3.05, 3.63) is 29.8 Å². The first-order chi connectivity index (χ1) is 9.17. The largest absolute Gasteiger partial charge is 0.325 e. The zero-order chi connectivity index (χ0) is 13.7. The highest BCUT2D eigenvalue weighted by Crippen LogP contribution is 2.11. The van der Waals surface area contributed by atoms with Gasteiger partial charge in [-0.25, -0.2) is 0 Å². The van der Waals surface area contributed by atoms with Gasteiger partial charge in [0.05, 0.1) is 6.54 Å². The molecule has 0 unspecified atom stereocenters. The van der Waals surface area contributed by atoms with Gasteiger partial charge in [0.15, 0.2) is 0 Å². The summed E-state index contributed by atoms with van der Waals surface area (Å²) >= 11 is 0. The molecule has 0 saturated carbocycles. The van der Waals surface area contributed by atoms with Crippen LogP contribution in [-0.4, -0.2) is 43.5 Å². The molecule has 0 aromatic heterocycles. The van der Waals surface area contributed by atoms with Gasteiger partial charge in [0.25, 0.3) is 0 Å². The van der Waals surface area contributed by atoms with Crippen LogP contribution in [0.5, 0.6) is 0 Å². The molecule has 0 atom stereocenters. The number of carbonyl (C=O) groups excluding carboxylic acids is 1. The van der Waals surface area contributed by atoms with E-state index in [0.717, 1.165) is 31.6 Å². The number of nitrogens with one attached hydrogen (secondary N) is 2. The molecular formula is C15H23N3O. The summed E-state index contributed by atoms with van der Waals surface area (Å²) in [6.07, 6.45) is 2.24. The first kappa shape index (κ1) is 14.0. The number of carbonyl (C=O) groups is 1. The van der Waals surface area contributed by atoms with Gasteiger partial charge >= 0.3 is 0 Å². The van der Waals surface area contributed by atoms with Gasteiger partial charge in [0, 0.05) is 24.8 Å². The molecule has 1 amide bonds. The predicted octanol–water partition coefficient (Wildman–Crippen LogP) is 1.62. The Bertz CT molecular complexity index is 408. The number of nitrogens with zero attached hydrogens (tertiary/aromatic N) is 1. The summed E-state index contributed by atoms with van der Waals surface area (Å²) in [5, 5.41) is 6.24. The molecular weight excluding hydrogens is 238 g/mol. The summed E-state index contributed by atoms with van der Waals surface area (Å²) in [5.41, 5.74) is 2.08. The predicted molar refractivity (Wildman–Crippen MR) is 78.3 cm³/mol. The van der Waals surface area contributed by atoms with Crippen LogP contribution in [0.3, 0.4) is 0 Å². The molecule has 19 heavy (non-hydrogen) atoms. The van der Waals surface area contributed by atoms with Crippen LogP contribution in [0, 0.1) is 6.92 Å². The summed E-state index contributed by atoms with van der Waals surface area (Å²) in [5.74, 6) is 0.0757. The van der Waals surface area contributed by atoms with Crippen LogP contribution < -0.4 is 10.6 Å². The van der Waals surface area contributed by atoms with E-state index in [2.05, 4.69) is 15.5 Å². The zero-order valence-electron chi connectivity index (χ0n) is 11.8. The highest BCUT2D eigenvalue weighted by molar-refractivity contribution is 5.92. The van der Waals surface area contributed by atoms with Crippen molar-refractivity contribution in [3.8, 4) is 0 Å². The van der Waals surface area contributed by atoms with E-state index in [1.807, 2.05) is 38.2 Å². The second-order valence-corrected chi connectivity index (χ2v) is 5.25. The minimum atomic E-state index is 0.0757. The van der Waals surface area contributed by atoms with Gasteiger partial charge < -0.3 is 10.6 Å². The van der Waals surface area contributed by atoms with Crippen molar-refractivity contribution in [1.82, 2.24) is 10.2 Å². The van der Waals surface area contributed by atoms with Gasteiger partial charge in [-0.2, -0.15) is 0 Å². The van der Waals surface area contributed by atoms with Crippen LogP contribution in [-0.2, 0) is 4.79 Å². The molecule has 1 heterocycles. The number of amides is 1. The molecule has 104 valence electrons. The standard InChI is InChI=1S/C15H23N3O/c1-12-3-5-14(6-4-12)17-15(19)11-18-9-7-13(16-2)8-10-18/h3-6,13,16H,7-11H2,1-2H3,(H,17,19). The summed E-state index contributed by atoms with van der Waals surface area (Å²) < 4.78 is 0. The quantitative estimate of drug-likeness (QED) is 0.865. The lowest BCUT2D eigenvalue weighted by atomic mass is 10.1. The molecule has 0 bridgehead atoms. The lowest BCUT2D eigenvalue weighted by molar-refractivity contribution is -0.117. The fourth-order valence-corrected chi connectivity index (χ4v) is 2.42. The first-order valence-electron chi connectivity index (χ1n) is 6.93. The Morgan fingerprint density at radius 1 is 1.26 bits per heavy atom. The van der Waals surface area contributed by atoms with Crippen LogP contribution in [0.15, 0.2) is 24.3 Å². The number of hydrogen-bond donors (Lipinski definition) is 2. The molecule has 1 saturated heterocycles. The number of benzene rings is 1. The normalized spacial score (nSPS) is 17.4. The second-order valence-electron chi connectivity index (χ2n) is 5.25. The van der Waals surface area contributed by atoms with Crippen molar-refractivity contribution in [2.45, 2.75) is 25.8 Å². The fourth-order valence-electron chi connectivity index (χ4n) is 2.42. The van der Waals surface area contributed by atoms with Gasteiger partial charge in [-0.1, -0.05) is 17.7 Å². The fraction of sp³-hybridized carbons (Fsp3) is 0.533. The van der Waals surface area contributed by atoms with E-state index in [9.17, 15) is 4.79 Å². The molecule has 2 N–H and O–H groups in total. The molecule has 1 aromatic carbocycles. The number of anilines is 1. The minimum Gasteiger partial charge on any atom is -0.325 e. The van der Waals surface area contributed by atoms with Crippen LogP contribution in [0.4, 0.5) is 5.69 Å². The second kappa shape index (κ2) is 6.68. The third kappa shape index (κ3) is 4.33. The maximum Gasteiger partial charge on any atom is 0.238 e. The average molecular weight is 261 g/mol. The smallest absolute Gasteiger partial charge is 0.238 e. The third-order valence-corrected chi connectivity index (χ3v) is 3.70. The van der Waals surface area contributed by atoms with E-state index in [4.69, 9.17) is 0 Å². The Labute approximate surface area is 115 Å². The zero-order valence-corrected chi connectivity index (χ0v) is 11.8. The third-order valence-electron chi connectivity index (χ3n) is 3.70. The number of likely N-dealkylation sites (tertiary alicyclic amines) is 1. The number of piperidine rings is 1. The van der Waals surface area contributed by atoms with Crippen molar-refractivity contribution < 1.29 is 4.79 Å². The van der Waals surface area contributed by atoms with Gasteiger partial charge in [-0.15, -0.1) is 0 Å². The maximum atomic E-state index is 11.9. The Balaban J connectivity index is 1.77. The summed E-state index contributed by atoms with van der Waals surface area (Å²) in [7, 11) is 2.00. The van der Waals surface area contributed by atoms with Crippen LogP contribution >= 0.6 is 0 Å². The monoisotopic (exact) mass is 261 g/mol. The Kier molecular flexibility index (Phi) is 4.93. The van der Waals surface area contributed by atoms with Crippen LogP contribution in [0.25, 0.3) is 0 Å². The molecule has 0 spiro atoms. The van der Waals surface area contributed by atoms with E-state index in [-0.39, 0.29) is 5.91 Å².